The summed E-state index contributed by atoms with van der Waals surface area (Å²) in [6.07, 6.45) is 0. The molecule has 128 valence electrons. The van der Waals surface area contributed by atoms with Gasteiger partial charge < -0.3 is 9.64 Å². The van der Waals surface area contributed by atoms with Crippen molar-refractivity contribution in [2.45, 2.75) is 25.6 Å². The molecule has 10 heteroatoms. The minimum Gasteiger partial charge on any atom is -0.375 e. The lowest BCUT2D eigenvalue weighted by atomic mass is 10.0. The van der Waals surface area contributed by atoms with Crippen LogP contribution in [0.5, 0.6) is 0 Å². The van der Waals surface area contributed by atoms with Gasteiger partial charge in [-0.1, -0.05) is 0 Å². The number of nitrogens with one attached hydrogen (secondary N) is 1. The molecular formula is C13H21N5O4S. The minimum absolute atomic E-state index is 0.0106. The number of H-pyrrole nitrogens is 1. The molecule has 0 aromatic carbocycles. The van der Waals surface area contributed by atoms with Crippen LogP contribution in [0.15, 0.2) is 0 Å². The van der Waals surface area contributed by atoms with Crippen LogP contribution in [0.1, 0.15) is 11.6 Å². The Balaban J connectivity index is 1.79. The Bertz CT molecular complexity index is 688. The first-order valence-electron chi connectivity index (χ1n) is 7.50. The number of hydrogen-bond acceptors (Lipinski definition) is 7. The Kier molecular flexibility index (Phi) is 4.39. The number of nitrogens with zero attached hydrogens (tertiary/aromatic N) is 4. The Morgan fingerprint density at radius 2 is 2.09 bits per heavy atom. The molecule has 9 nitrogen and oxygen atoms in total. The summed E-state index contributed by atoms with van der Waals surface area (Å²) < 4.78 is 29.1. The van der Waals surface area contributed by atoms with Gasteiger partial charge in [0.2, 0.25) is 5.91 Å². The Morgan fingerprint density at radius 1 is 1.35 bits per heavy atom. The maximum absolute atomic E-state index is 12.2. The van der Waals surface area contributed by atoms with Gasteiger partial charge in [0.1, 0.15) is 12.4 Å². The lowest BCUT2D eigenvalue weighted by Crippen LogP contribution is -2.60. The van der Waals surface area contributed by atoms with Crippen molar-refractivity contribution in [3.8, 4) is 0 Å². The monoisotopic (exact) mass is 343 g/mol. The summed E-state index contributed by atoms with van der Waals surface area (Å²) in [4.78, 5) is 20.2. The van der Waals surface area contributed by atoms with Gasteiger partial charge in [-0.2, -0.15) is 5.10 Å². The number of aromatic amines is 1. The van der Waals surface area contributed by atoms with E-state index in [0.29, 0.717) is 25.5 Å². The van der Waals surface area contributed by atoms with Crippen molar-refractivity contribution < 1.29 is 17.9 Å². The number of piperazine rings is 1. The molecule has 0 saturated carbocycles. The summed E-state index contributed by atoms with van der Waals surface area (Å²) in [5.74, 6) is 1.29. The molecule has 3 rings (SSSR count). The van der Waals surface area contributed by atoms with Crippen LogP contribution in [-0.4, -0.2) is 89.7 Å². The number of amides is 1. The predicted molar refractivity (Wildman–Crippen MR) is 81.3 cm³/mol. The largest absolute Gasteiger partial charge is 0.375 e. The van der Waals surface area contributed by atoms with Crippen molar-refractivity contribution in [1.29, 1.82) is 0 Å². The lowest BCUT2D eigenvalue weighted by molar-refractivity contribution is -0.141. The summed E-state index contributed by atoms with van der Waals surface area (Å²) in [7, 11) is -1.69. The van der Waals surface area contributed by atoms with Crippen LogP contribution in [-0.2, 0) is 25.9 Å². The standard InChI is InChI=1S/C13H21N5O4S/c1-9-14-12(16-15-9)5-17-3-4-18(13(19)6-22-2)11-8-23(20,21)7-10(11)17/h10-11H,3-8H2,1-2H3,(H,14,15,16)/t10-,11+/m0/s1. The average Bonchev–Trinajstić information content (AvgIpc) is 3.01. The molecule has 0 bridgehead atoms. The van der Waals surface area contributed by atoms with Gasteiger partial charge in [0.15, 0.2) is 15.7 Å². The second-order valence-corrected chi connectivity index (χ2v) is 8.19. The van der Waals surface area contributed by atoms with E-state index >= 15 is 0 Å². The minimum atomic E-state index is -3.16. The molecule has 0 aliphatic carbocycles. The first-order chi connectivity index (χ1) is 10.9. The second kappa shape index (κ2) is 6.17. The fourth-order valence-electron chi connectivity index (χ4n) is 3.38. The van der Waals surface area contributed by atoms with E-state index in [2.05, 4.69) is 20.1 Å². The van der Waals surface area contributed by atoms with Crippen molar-refractivity contribution in [2.24, 2.45) is 0 Å². The number of sulfone groups is 1. The summed E-state index contributed by atoms with van der Waals surface area (Å²) >= 11 is 0. The summed E-state index contributed by atoms with van der Waals surface area (Å²) in [5, 5.41) is 6.91. The van der Waals surface area contributed by atoms with Gasteiger partial charge in [-0.3, -0.25) is 14.8 Å². The smallest absolute Gasteiger partial charge is 0.248 e. The Labute approximate surface area is 134 Å². The van der Waals surface area contributed by atoms with Gasteiger partial charge in [0, 0.05) is 26.2 Å². The molecule has 2 atom stereocenters. The molecule has 1 amide bonds. The molecular weight excluding hydrogens is 322 g/mol. The van der Waals surface area contributed by atoms with E-state index in [1.54, 1.807) is 4.90 Å². The SMILES string of the molecule is COCC(=O)N1CCN(Cc2n[nH]c(C)n2)[C@H]2CS(=O)(=O)C[C@H]21. The molecule has 2 aliphatic rings. The molecule has 0 spiro atoms. The van der Waals surface area contributed by atoms with E-state index in [4.69, 9.17) is 4.74 Å². The van der Waals surface area contributed by atoms with Crippen LogP contribution in [0.2, 0.25) is 0 Å². The number of carbonyl (C=O) groups excluding carboxylic acids is 1. The number of ether oxygens (including phenoxy) is 1. The van der Waals surface area contributed by atoms with E-state index < -0.39 is 9.84 Å². The van der Waals surface area contributed by atoms with E-state index in [-0.39, 0.29) is 36.1 Å². The van der Waals surface area contributed by atoms with E-state index in [0.717, 1.165) is 5.82 Å². The highest BCUT2D eigenvalue weighted by atomic mass is 32.2. The van der Waals surface area contributed by atoms with Gasteiger partial charge >= 0.3 is 0 Å². The van der Waals surface area contributed by atoms with Crippen LogP contribution in [0.4, 0.5) is 0 Å². The number of rotatable bonds is 4. The number of aryl methyl sites for hydroxylation is 1. The van der Waals surface area contributed by atoms with Crippen LogP contribution in [0, 0.1) is 6.92 Å². The fourth-order valence-corrected chi connectivity index (χ4v) is 5.39. The van der Waals surface area contributed by atoms with Crippen LogP contribution in [0.3, 0.4) is 0 Å². The van der Waals surface area contributed by atoms with Crippen molar-refractivity contribution >= 4 is 15.7 Å². The quantitative estimate of drug-likeness (QED) is 0.714. The van der Waals surface area contributed by atoms with Crippen molar-refractivity contribution in [1.82, 2.24) is 25.0 Å². The second-order valence-electron chi connectivity index (χ2n) is 6.04. The zero-order valence-corrected chi connectivity index (χ0v) is 14.0. The third-order valence-electron chi connectivity index (χ3n) is 4.37. The Morgan fingerprint density at radius 3 is 2.74 bits per heavy atom. The van der Waals surface area contributed by atoms with Crippen molar-refractivity contribution in [3.63, 3.8) is 0 Å². The first-order valence-corrected chi connectivity index (χ1v) is 9.32. The molecule has 1 aromatic heterocycles. The molecule has 2 saturated heterocycles. The number of methoxy groups -OCH3 is 1. The maximum atomic E-state index is 12.2. The van der Waals surface area contributed by atoms with Gasteiger partial charge in [-0.15, -0.1) is 0 Å². The zero-order valence-electron chi connectivity index (χ0n) is 13.2. The summed E-state index contributed by atoms with van der Waals surface area (Å²) in [6, 6.07) is -0.537. The van der Waals surface area contributed by atoms with Gasteiger partial charge in [-0.05, 0) is 6.92 Å². The highest BCUT2D eigenvalue weighted by Crippen LogP contribution is 2.28. The topological polar surface area (TPSA) is 108 Å². The zero-order chi connectivity index (χ0) is 16.6. The predicted octanol–water partition coefficient (Wildman–Crippen LogP) is -1.43. The lowest BCUT2D eigenvalue weighted by Gasteiger charge is -2.43. The Hall–Kier alpha value is -1.52. The van der Waals surface area contributed by atoms with Crippen LogP contribution in [0.25, 0.3) is 0 Å². The molecule has 1 N–H and O–H groups in total. The van der Waals surface area contributed by atoms with E-state index in [1.165, 1.54) is 7.11 Å². The summed E-state index contributed by atoms with van der Waals surface area (Å²) in [6.45, 7) is 3.36. The molecule has 0 unspecified atom stereocenters. The molecule has 23 heavy (non-hydrogen) atoms. The van der Waals surface area contributed by atoms with Crippen LogP contribution >= 0.6 is 0 Å². The molecule has 2 aliphatic heterocycles. The number of carbonyl (C=O) groups is 1. The van der Waals surface area contributed by atoms with Gasteiger partial charge in [0.05, 0.1) is 24.1 Å². The van der Waals surface area contributed by atoms with E-state index in [9.17, 15) is 13.2 Å². The molecule has 0 radical (unpaired) electrons. The van der Waals surface area contributed by atoms with Crippen LogP contribution < -0.4 is 0 Å². The van der Waals surface area contributed by atoms with Crippen molar-refractivity contribution in [2.75, 3.05) is 38.3 Å². The molecule has 1 aromatic rings. The fraction of sp³-hybridized carbons (Fsp3) is 0.769. The van der Waals surface area contributed by atoms with Gasteiger partial charge in [0.25, 0.3) is 0 Å². The number of aromatic nitrogens is 3. The third-order valence-corrected chi connectivity index (χ3v) is 6.07. The highest BCUT2D eigenvalue weighted by molar-refractivity contribution is 7.91. The number of hydrogen-bond donors (Lipinski definition) is 1. The van der Waals surface area contributed by atoms with Gasteiger partial charge in [-0.25, -0.2) is 13.4 Å². The maximum Gasteiger partial charge on any atom is 0.248 e. The number of fused-ring (bicyclic) bond motifs is 1. The summed E-state index contributed by atoms with van der Waals surface area (Å²) in [5.41, 5.74) is 0. The third kappa shape index (κ3) is 3.38. The first kappa shape index (κ1) is 16.3. The highest BCUT2D eigenvalue weighted by Gasteiger charge is 2.48. The molecule has 2 fully saturated rings. The van der Waals surface area contributed by atoms with Crippen molar-refractivity contribution in [3.05, 3.63) is 11.6 Å². The average molecular weight is 343 g/mol. The normalized spacial score (nSPS) is 27.1. The molecule has 3 heterocycles. The van der Waals surface area contributed by atoms with E-state index in [1.807, 2.05) is 6.92 Å².